The lowest BCUT2D eigenvalue weighted by atomic mass is 10.0. The molecule has 0 amide bonds. The molecule has 1 saturated heterocycles. The molecule has 2 rings (SSSR count). The summed E-state index contributed by atoms with van der Waals surface area (Å²) in [5.41, 5.74) is 1.16. The third-order valence-corrected chi connectivity index (χ3v) is 3.71. The van der Waals surface area contributed by atoms with Crippen molar-refractivity contribution in [3.05, 3.63) is 34.4 Å². The molecular formula is C14H21N3O3. The molecule has 1 aliphatic heterocycles. The van der Waals surface area contributed by atoms with Crippen LogP contribution in [0.5, 0.6) is 0 Å². The zero-order valence-electron chi connectivity index (χ0n) is 11.7. The standard InChI is InChI=1S/C14H21N3O3/c1-11(10-18)15-12-6-8-16(9-7-12)13-2-4-14(5-3-13)17(19)20/h2-5,11-12,15,18H,6-10H2,1H3/t11-/m1/s1. The number of non-ortho nitro benzene ring substituents is 1. The van der Waals surface area contributed by atoms with Gasteiger partial charge < -0.3 is 15.3 Å². The summed E-state index contributed by atoms with van der Waals surface area (Å²) in [5, 5.41) is 23.1. The number of hydrogen-bond donors (Lipinski definition) is 2. The lowest BCUT2D eigenvalue weighted by molar-refractivity contribution is -0.384. The van der Waals surface area contributed by atoms with Crippen molar-refractivity contribution in [1.82, 2.24) is 5.32 Å². The van der Waals surface area contributed by atoms with E-state index in [9.17, 15) is 10.1 Å². The molecule has 1 aromatic rings. The maximum absolute atomic E-state index is 10.6. The monoisotopic (exact) mass is 279 g/mol. The molecule has 0 spiro atoms. The second-order valence-electron chi connectivity index (χ2n) is 5.29. The van der Waals surface area contributed by atoms with Crippen LogP contribution in [0.15, 0.2) is 24.3 Å². The van der Waals surface area contributed by atoms with E-state index in [4.69, 9.17) is 5.11 Å². The number of benzene rings is 1. The second kappa shape index (κ2) is 6.67. The van der Waals surface area contributed by atoms with E-state index in [-0.39, 0.29) is 23.3 Å². The molecule has 0 radical (unpaired) electrons. The van der Waals surface area contributed by atoms with Gasteiger partial charge >= 0.3 is 0 Å². The molecule has 0 aromatic heterocycles. The van der Waals surface area contributed by atoms with Crippen LogP contribution in [-0.2, 0) is 0 Å². The molecule has 0 bridgehead atoms. The number of rotatable bonds is 5. The molecule has 6 heteroatoms. The Balaban J connectivity index is 1.88. The van der Waals surface area contributed by atoms with Crippen molar-refractivity contribution in [2.24, 2.45) is 0 Å². The molecule has 110 valence electrons. The minimum atomic E-state index is -0.379. The van der Waals surface area contributed by atoms with Gasteiger partial charge in [-0.05, 0) is 31.9 Å². The van der Waals surface area contributed by atoms with Crippen molar-refractivity contribution in [3.63, 3.8) is 0 Å². The van der Waals surface area contributed by atoms with Gasteiger partial charge in [-0.15, -0.1) is 0 Å². The summed E-state index contributed by atoms with van der Waals surface area (Å²) < 4.78 is 0. The highest BCUT2D eigenvalue weighted by molar-refractivity contribution is 5.51. The third kappa shape index (κ3) is 3.68. The molecule has 6 nitrogen and oxygen atoms in total. The normalized spacial score (nSPS) is 18.0. The molecule has 0 aliphatic carbocycles. The average molecular weight is 279 g/mol. The fourth-order valence-electron chi connectivity index (χ4n) is 2.54. The number of aliphatic hydroxyl groups excluding tert-OH is 1. The zero-order chi connectivity index (χ0) is 14.5. The van der Waals surface area contributed by atoms with Crippen LogP contribution >= 0.6 is 0 Å². The minimum Gasteiger partial charge on any atom is -0.395 e. The molecule has 1 aromatic carbocycles. The smallest absolute Gasteiger partial charge is 0.269 e. The Morgan fingerprint density at radius 2 is 2.00 bits per heavy atom. The first-order chi connectivity index (χ1) is 9.60. The summed E-state index contributed by atoms with van der Waals surface area (Å²) in [4.78, 5) is 12.5. The number of nitro benzene ring substituents is 1. The van der Waals surface area contributed by atoms with Gasteiger partial charge in [0.15, 0.2) is 0 Å². The van der Waals surface area contributed by atoms with Crippen molar-refractivity contribution in [2.75, 3.05) is 24.6 Å². The third-order valence-electron chi connectivity index (χ3n) is 3.71. The highest BCUT2D eigenvalue weighted by Crippen LogP contribution is 2.22. The van der Waals surface area contributed by atoms with Crippen LogP contribution in [0.2, 0.25) is 0 Å². The van der Waals surface area contributed by atoms with Crippen molar-refractivity contribution < 1.29 is 10.0 Å². The molecular weight excluding hydrogens is 258 g/mol. The summed E-state index contributed by atoms with van der Waals surface area (Å²) in [6.45, 7) is 3.98. The van der Waals surface area contributed by atoms with Gasteiger partial charge in [0.05, 0.1) is 11.5 Å². The van der Waals surface area contributed by atoms with Gasteiger partial charge in [0.25, 0.3) is 5.69 Å². The van der Waals surface area contributed by atoms with Crippen LogP contribution in [0.25, 0.3) is 0 Å². The fraction of sp³-hybridized carbons (Fsp3) is 0.571. The summed E-state index contributed by atoms with van der Waals surface area (Å²) in [6, 6.07) is 7.28. The number of nitrogens with one attached hydrogen (secondary N) is 1. The lowest BCUT2D eigenvalue weighted by Crippen LogP contribution is -2.46. The van der Waals surface area contributed by atoms with Crippen LogP contribution in [0.3, 0.4) is 0 Å². The van der Waals surface area contributed by atoms with Gasteiger partial charge in [-0.1, -0.05) is 0 Å². The highest BCUT2D eigenvalue weighted by atomic mass is 16.6. The van der Waals surface area contributed by atoms with E-state index >= 15 is 0 Å². The predicted molar refractivity (Wildman–Crippen MR) is 78.0 cm³/mol. The van der Waals surface area contributed by atoms with Crippen molar-refractivity contribution in [3.8, 4) is 0 Å². The maximum atomic E-state index is 10.6. The number of hydrogen-bond acceptors (Lipinski definition) is 5. The minimum absolute atomic E-state index is 0.127. The summed E-state index contributed by atoms with van der Waals surface area (Å²) in [6.07, 6.45) is 2.03. The lowest BCUT2D eigenvalue weighted by Gasteiger charge is -2.35. The van der Waals surface area contributed by atoms with E-state index in [1.807, 2.05) is 19.1 Å². The van der Waals surface area contributed by atoms with Gasteiger partial charge in [0, 0.05) is 43.0 Å². The van der Waals surface area contributed by atoms with Gasteiger partial charge in [0.2, 0.25) is 0 Å². The van der Waals surface area contributed by atoms with Crippen LogP contribution in [0, 0.1) is 10.1 Å². The predicted octanol–water partition coefficient (Wildman–Crippen LogP) is 1.53. The van der Waals surface area contributed by atoms with Crippen molar-refractivity contribution in [1.29, 1.82) is 0 Å². The topological polar surface area (TPSA) is 78.6 Å². The maximum Gasteiger partial charge on any atom is 0.269 e. The van der Waals surface area contributed by atoms with Gasteiger partial charge in [-0.3, -0.25) is 10.1 Å². The summed E-state index contributed by atoms with van der Waals surface area (Å²) in [5.74, 6) is 0. The number of nitrogens with zero attached hydrogens (tertiary/aromatic N) is 2. The molecule has 1 heterocycles. The fourth-order valence-corrected chi connectivity index (χ4v) is 2.54. The number of piperidine rings is 1. The molecule has 2 N–H and O–H groups in total. The summed E-state index contributed by atoms with van der Waals surface area (Å²) >= 11 is 0. The molecule has 0 saturated carbocycles. The van der Waals surface area contributed by atoms with E-state index < -0.39 is 0 Å². The van der Waals surface area contributed by atoms with E-state index in [0.29, 0.717) is 6.04 Å². The Morgan fingerprint density at radius 1 is 1.40 bits per heavy atom. The zero-order valence-corrected chi connectivity index (χ0v) is 11.7. The number of aliphatic hydroxyl groups is 1. The van der Waals surface area contributed by atoms with E-state index in [1.54, 1.807) is 12.1 Å². The first-order valence-corrected chi connectivity index (χ1v) is 6.96. The first kappa shape index (κ1) is 14.7. The van der Waals surface area contributed by atoms with E-state index in [2.05, 4.69) is 10.2 Å². The Labute approximate surface area is 118 Å². The Bertz CT molecular complexity index is 441. The van der Waals surface area contributed by atoms with E-state index in [0.717, 1.165) is 31.6 Å². The van der Waals surface area contributed by atoms with Crippen LogP contribution in [0.1, 0.15) is 19.8 Å². The van der Waals surface area contributed by atoms with E-state index in [1.165, 1.54) is 0 Å². The Hall–Kier alpha value is -1.66. The average Bonchev–Trinajstić information content (AvgIpc) is 2.48. The molecule has 20 heavy (non-hydrogen) atoms. The summed E-state index contributed by atoms with van der Waals surface area (Å²) in [7, 11) is 0. The van der Waals surface area contributed by atoms with Crippen LogP contribution < -0.4 is 10.2 Å². The van der Waals surface area contributed by atoms with Gasteiger partial charge in [-0.25, -0.2) is 0 Å². The highest BCUT2D eigenvalue weighted by Gasteiger charge is 2.20. The molecule has 1 atom stereocenters. The van der Waals surface area contributed by atoms with Crippen molar-refractivity contribution >= 4 is 11.4 Å². The Kier molecular flexibility index (Phi) is 4.92. The number of nitro groups is 1. The quantitative estimate of drug-likeness (QED) is 0.631. The molecule has 0 unspecified atom stereocenters. The SMILES string of the molecule is C[C@H](CO)NC1CCN(c2ccc([N+](=O)[O-])cc2)CC1. The van der Waals surface area contributed by atoms with Crippen LogP contribution in [-0.4, -0.2) is 41.8 Å². The second-order valence-corrected chi connectivity index (χ2v) is 5.29. The number of anilines is 1. The first-order valence-electron chi connectivity index (χ1n) is 6.96. The van der Waals surface area contributed by atoms with Crippen LogP contribution in [0.4, 0.5) is 11.4 Å². The largest absolute Gasteiger partial charge is 0.395 e. The Morgan fingerprint density at radius 3 is 2.50 bits per heavy atom. The van der Waals surface area contributed by atoms with Crippen molar-refractivity contribution in [2.45, 2.75) is 31.8 Å². The van der Waals surface area contributed by atoms with Gasteiger partial charge in [0.1, 0.15) is 0 Å². The molecule has 1 fully saturated rings. The van der Waals surface area contributed by atoms with Gasteiger partial charge in [-0.2, -0.15) is 0 Å². The molecule has 1 aliphatic rings.